The molecule has 0 saturated heterocycles. The quantitative estimate of drug-likeness (QED) is 0.526. The zero-order valence-electron chi connectivity index (χ0n) is 11.1. The molecule has 0 fully saturated rings. The third-order valence-electron chi connectivity index (χ3n) is 2.51. The largest absolute Gasteiger partial charge is 0.618 e. The molecule has 1 amide bonds. The van der Waals surface area contributed by atoms with Gasteiger partial charge >= 0.3 is 11.7 Å². The Hall–Kier alpha value is -2.31. The number of hydrogen-bond donors (Lipinski definition) is 1. The van der Waals surface area contributed by atoms with Gasteiger partial charge in [-0.2, -0.15) is 4.73 Å². The smallest absolute Gasteiger partial charge is 0.405 e. The summed E-state index contributed by atoms with van der Waals surface area (Å²) in [6.45, 7) is -0.544. The van der Waals surface area contributed by atoms with Gasteiger partial charge in [0, 0.05) is 27.9 Å². The van der Waals surface area contributed by atoms with Gasteiger partial charge in [0.1, 0.15) is 0 Å². The van der Waals surface area contributed by atoms with Crippen LogP contribution >= 0.6 is 23.2 Å². The van der Waals surface area contributed by atoms with Crippen LogP contribution in [0.1, 0.15) is 10.5 Å². The molecule has 114 valence electrons. The number of amides is 1. The van der Waals surface area contributed by atoms with E-state index in [0.717, 1.165) is 6.20 Å². The van der Waals surface area contributed by atoms with Crippen LogP contribution in [0.4, 0.5) is 5.69 Å². The molecule has 1 heterocycles. The van der Waals surface area contributed by atoms with Crippen molar-refractivity contribution in [1.29, 1.82) is 0 Å². The Balaban J connectivity index is 1.93. The number of ether oxygens (including phenoxy) is 1. The standard InChI is InChI=1S/C14H10Cl2N2O4/c15-9-5-10(16)7-11(6-9)17-13(19)8-22-14(20)12-3-1-2-4-18(12)21/h1-7H,8H2,(H,17,19). The Morgan fingerprint density at radius 1 is 1.18 bits per heavy atom. The Bertz CT molecular complexity index is 701. The number of hydrogen-bond acceptors (Lipinski definition) is 4. The van der Waals surface area contributed by atoms with Crippen LogP contribution in [0.25, 0.3) is 0 Å². The molecule has 0 bridgehead atoms. The van der Waals surface area contributed by atoms with E-state index >= 15 is 0 Å². The van der Waals surface area contributed by atoms with E-state index in [1.807, 2.05) is 0 Å². The van der Waals surface area contributed by atoms with Gasteiger partial charge in [0.25, 0.3) is 5.91 Å². The second-order valence-electron chi connectivity index (χ2n) is 4.19. The Morgan fingerprint density at radius 3 is 2.50 bits per heavy atom. The van der Waals surface area contributed by atoms with E-state index in [1.165, 1.54) is 36.4 Å². The summed E-state index contributed by atoms with van der Waals surface area (Å²) in [4.78, 5) is 23.4. The van der Waals surface area contributed by atoms with Gasteiger partial charge in [-0.1, -0.05) is 23.2 Å². The minimum absolute atomic E-state index is 0.207. The number of halogens is 2. The number of anilines is 1. The van der Waals surface area contributed by atoms with Crippen LogP contribution in [0, 0.1) is 5.21 Å². The first-order chi connectivity index (χ1) is 10.5. The number of carbonyl (C=O) groups excluding carboxylic acids is 2. The van der Waals surface area contributed by atoms with Crippen molar-refractivity contribution in [3.8, 4) is 0 Å². The van der Waals surface area contributed by atoms with Crippen molar-refractivity contribution in [2.45, 2.75) is 0 Å². The highest BCUT2D eigenvalue weighted by Crippen LogP contribution is 2.22. The van der Waals surface area contributed by atoms with Crippen molar-refractivity contribution < 1.29 is 19.1 Å². The van der Waals surface area contributed by atoms with Gasteiger partial charge in [-0.15, -0.1) is 0 Å². The number of pyridine rings is 1. The predicted molar refractivity (Wildman–Crippen MR) is 80.8 cm³/mol. The molecule has 2 rings (SSSR count). The van der Waals surface area contributed by atoms with Crippen LogP contribution in [-0.2, 0) is 9.53 Å². The molecule has 0 radical (unpaired) electrons. The van der Waals surface area contributed by atoms with E-state index in [2.05, 4.69) is 5.32 Å². The average Bonchev–Trinajstić information content (AvgIpc) is 2.44. The van der Waals surface area contributed by atoms with Crippen molar-refractivity contribution in [2.75, 3.05) is 11.9 Å². The van der Waals surface area contributed by atoms with Crippen molar-refractivity contribution in [3.05, 3.63) is 63.5 Å². The van der Waals surface area contributed by atoms with Crippen LogP contribution in [-0.4, -0.2) is 18.5 Å². The zero-order chi connectivity index (χ0) is 16.1. The fourth-order valence-corrected chi connectivity index (χ4v) is 2.14. The van der Waals surface area contributed by atoms with E-state index in [4.69, 9.17) is 27.9 Å². The number of nitrogens with zero attached hydrogens (tertiary/aromatic N) is 1. The van der Waals surface area contributed by atoms with Crippen LogP contribution in [0.5, 0.6) is 0 Å². The zero-order valence-corrected chi connectivity index (χ0v) is 12.6. The highest BCUT2D eigenvalue weighted by atomic mass is 35.5. The van der Waals surface area contributed by atoms with Gasteiger partial charge in [0.15, 0.2) is 12.8 Å². The molecule has 0 spiro atoms. The molecule has 0 aliphatic rings. The van der Waals surface area contributed by atoms with E-state index in [1.54, 1.807) is 0 Å². The summed E-state index contributed by atoms with van der Waals surface area (Å²) in [5, 5.41) is 14.5. The third-order valence-corrected chi connectivity index (χ3v) is 2.95. The lowest BCUT2D eigenvalue weighted by Crippen LogP contribution is -2.35. The first kappa shape index (κ1) is 16.1. The molecule has 2 aromatic rings. The van der Waals surface area contributed by atoms with Crippen molar-refractivity contribution in [2.24, 2.45) is 0 Å². The van der Waals surface area contributed by atoms with Crippen LogP contribution in [0.3, 0.4) is 0 Å². The van der Waals surface area contributed by atoms with Crippen LogP contribution in [0.15, 0.2) is 42.6 Å². The molecule has 8 heteroatoms. The van der Waals surface area contributed by atoms with Gasteiger partial charge < -0.3 is 15.3 Å². The Morgan fingerprint density at radius 2 is 1.86 bits per heavy atom. The summed E-state index contributed by atoms with van der Waals surface area (Å²) in [5.74, 6) is -1.48. The molecule has 0 aliphatic carbocycles. The summed E-state index contributed by atoms with van der Waals surface area (Å²) in [6, 6.07) is 8.79. The van der Waals surface area contributed by atoms with Gasteiger partial charge in [0.2, 0.25) is 0 Å². The number of carbonyl (C=O) groups is 2. The van der Waals surface area contributed by atoms with E-state index in [0.29, 0.717) is 20.5 Å². The number of nitrogens with one attached hydrogen (secondary N) is 1. The maximum absolute atomic E-state index is 11.7. The lowest BCUT2D eigenvalue weighted by Gasteiger charge is -2.07. The first-order valence-electron chi connectivity index (χ1n) is 6.07. The lowest BCUT2D eigenvalue weighted by atomic mass is 10.3. The molecule has 0 atom stereocenters. The fraction of sp³-hybridized carbons (Fsp3) is 0.0714. The van der Waals surface area contributed by atoms with Crippen molar-refractivity contribution in [1.82, 2.24) is 0 Å². The molecule has 1 aromatic heterocycles. The molecule has 0 unspecified atom stereocenters. The minimum atomic E-state index is -0.894. The maximum atomic E-state index is 11.7. The monoisotopic (exact) mass is 340 g/mol. The summed E-state index contributed by atoms with van der Waals surface area (Å²) in [6.07, 6.45) is 1.16. The highest BCUT2D eigenvalue weighted by molar-refractivity contribution is 6.35. The molecular formula is C14H10Cl2N2O4. The van der Waals surface area contributed by atoms with Crippen LogP contribution in [0.2, 0.25) is 10.0 Å². The summed E-state index contributed by atoms with van der Waals surface area (Å²) < 4.78 is 5.12. The van der Waals surface area contributed by atoms with E-state index in [9.17, 15) is 14.8 Å². The summed E-state index contributed by atoms with van der Waals surface area (Å²) in [7, 11) is 0. The van der Waals surface area contributed by atoms with E-state index in [-0.39, 0.29) is 5.69 Å². The second kappa shape index (κ2) is 7.11. The first-order valence-corrected chi connectivity index (χ1v) is 6.82. The summed E-state index contributed by atoms with van der Waals surface area (Å²) in [5.41, 5.74) is 0.165. The fourth-order valence-electron chi connectivity index (χ4n) is 1.61. The molecular weight excluding hydrogens is 331 g/mol. The lowest BCUT2D eigenvalue weighted by molar-refractivity contribution is -0.608. The minimum Gasteiger partial charge on any atom is -0.618 e. The SMILES string of the molecule is O=C(COC(=O)c1cccc[n+]1[O-])Nc1cc(Cl)cc(Cl)c1. The molecule has 1 N–H and O–H groups in total. The van der Waals surface area contributed by atoms with Gasteiger partial charge in [-0.3, -0.25) is 4.79 Å². The van der Waals surface area contributed by atoms with E-state index < -0.39 is 18.5 Å². The Labute approximate surface area is 135 Å². The normalized spacial score (nSPS) is 10.1. The molecule has 0 saturated carbocycles. The number of rotatable bonds is 4. The molecule has 1 aromatic carbocycles. The predicted octanol–water partition coefficient (Wildman–Crippen LogP) is 2.42. The molecule has 0 aliphatic heterocycles. The molecule has 22 heavy (non-hydrogen) atoms. The number of esters is 1. The van der Waals surface area contributed by atoms with Crippen molar-refractivity contribution in [3.63, 3.8) is 0 Å². The van der Waals surface area contributed by atoms with Gasteiger partial charge in [0.05, 0.1) is 0 Å². The maximum Gasteiger partial charge on any atom is 0.405 e. The van der Waals surface area contributed by atoms with Gasteiger partial charge in [-0.05, 0) is 24.3 Å². The summed E-state index contributed by atoms with van der Waals surface area (Å²) >= 11 is 11.6. The number of aromatic nitrogens is 1. The highest BCUT2D eigenvalue weighted by Gasteiger charge is 2.18. The van der Waals surface area contributed by atoms with Crippen molar-refractivity contribution >= 4 is 40.8 Å². The molecule has 6 nitrogen and oxygen atoms in total. The number of benzene rings is 1. The topological polar surface area (TPSA) is 82.3 Å². The average molecular weight is 341 g/mol. The van der Waals surface area contributed by atoms with Gasteiger partial charge in [-0.25, -0.2) is 4.79 Å². The Kier molecular flexibility index (Phi) is 5.19. The second-order valence-corrected chi connectivity index (χ2v) is 5.07. The third kappa shape index (κ3) is 4.34. The van der Waals surface area contributed by atoms with Crippen LogP contribution < -0.4 is 10.0 Å².